The van der Waals surface area contributed by atoms with Crippen molar-refractivity contribution < 1.29 is 19.2 Å². The molecule has 0 fully saturated rings. The molecule has 6 nitrogen and oxygen atoms in total. The predicted molar refractivity (Wildman–Crippen MR) is 55.2 cm³/mol. The van der Waals surface area contributed by atoms with Crippen LogP contribution in [0.3, 0.4) is 0 Å². The van der Waals surface area contributed by atoms with E-state index in [1.54, 1.807) is 21.6 Å². The Kier molecular flexibility index (Phi) is 11.1. The van der Waals surface area contributed by atoms with E-state index in [4.69, 9.17) is 0 Å². The molecule has 0 aliphatic heterocycles. The van der Waals surface area contributed by atoms with E-state index < -0.39 is 11.8 Å². The molecule has 8 heteroatoms. The molecule has 80 valence electrons. The summed E-state index contributed by atoms with van der Waals surface area (Å²) in [6.45, 7) is 0. The molecule has 0 rings (SSSR count). The number of hydrogen-bond donors (Lipinski definition) is 1. The molecule has 2 N–H and O–H groups in total. The van der Waals surface area contributed by atoms with Gasteiger partial charge in [0.05, 0.1) is 0 Å². The number of hydrogen-bond acceptors (Lipinski definition) is 6. The van der Waals surface area contributed by atoms with Crippen molar-refractivity contribution in [2.75, 3.05) is 12.5 Å². The highest BCUT2D eigenvalue weighted by atomic mass is 33.1. The monoisotopic (exact) mass is 238 g/mol. The molecule has 4 amide bonds. The third kappa shape index (κ3) is 7.62. The van der Waals surface area contributed by atoms with Gasteiger partial charge in [0.2, 0.25) is 12.8 Å². The Balaban J connectivity index is 0. The van der Waals surface area contributed by atoms with Gasteiger partial charge < -0.3 is 5.73 Å². The molecule has 0 aliphatic rings. The van der Waals surface area contributed by atoms with E-state index in [0.717, 1.165) is 0 Å². The van der Waals surface area contributed by atoms with Crippen LogP contribution in [-0.2, 0) is 19.2 Å². The molecule has 0 aromatic carbocycles. The van der Waals surface area contributed by atoms with Gasteiger partial charge in [-0.2, -0.15) is 0 Å². The zero-order valence-electron chi connectivity index (χ0n) is 7.63. The van der Waals surface area contributed by atoms with Crippen LogP contribution < -0.4 is 5.73 Å². The summed E-state index contributed by atoms with van der Waals surface area (Å²) in [5.74, 6) is -2.69. The number of amides is 4. The van der Waals surface area contributed by atoms with Crippen molar-refractivity contribution in [3.8, 4) is 0 Å². The number of nitrogens with two attached hydrogens (primary N) is 1. The number of nitrogens with zero attached hydrogens (tertiary/aromatic N) is 1. The minimum Gasteiger partial charge on any atom is -0.361 e. The van der Waals surface area contributed by atoms with Crippen LogP contribution in [-0.4, -0.2) is 42.0 Å². The first-order valence-corrected chi connectivity index (χ1v) is 6.11. The third-order valence-corrected chi connectivity index (χ3v) is 2.17. The quantitative estimate of drug-likeness (QED) is 0.394. The summed E-state index contributed by atoms with van der Waals surface area (Å²) >= 11 is 0. The molecule has 0 bridgehead atoms. The van der Waals surface area contributed by atoms with Gasteiger partial charge in [0, 0.05) is 0 Å². The smallest absolute Gasteiger partial charge is 0.324 e. The van der Waals surface area contributed by atoms with Gasteiger partial charge >= 0.3 is 11.8 Å². The number of imide groups is 3. The average Bonchev–Trinajstić information content (AvgIpc) is 2.19. The Bertz CT molecular complexity index is 212. The zero-order valence-corrected chi connectivity index (χ0v) is 9.26. The fourth-order valence-corrected chi connectivity index (χ4v) is 0.248. The van der Waals surface area contributed by atoms with Gasteiger partial charge in [-0.15, -0.1) is 0 Å². The van der Waals surface area contributed by atoms with Crippen molar-refractivity contribution >= 4 is 46.2 Å². The molecule has 14 heavy (non-hydrogen) atoms. The lowest BCUT2D eigenvalue weighted by atomic mass is 10.5. The van der Waals surface area contributed by atoms with E-state index in [1.165, 1.54) is 0 Å². The fraction of sp³-hybridized carbons (Fsp3) is 0.333. The summed E-state index contributed by atoms with van der Waals surface area (Å²) in [6, 6.07) is 0. The molecule has 0 radical (unpaired) electrons. The van der Waals surface area contributed by atoms with E-state index in [2.05, 4.69) is 18.2 Å². The highest BCUT2D eigenvalue weighted by Gasteiger charge is 2.16. The fourth-order valence-electron chi connectivity index (χ4n) is 0.248. The van der Waals surface area contributed by atoms with E-state index in [9.17, 15) is 19.2 Å². The summed E-state index contributed by atoms with van der Waals surface area (Å²) in [5, 5.41) is 0. The lowest BCUT2D eigenvalue weighted by Gasteiger charge is -2.00. The molecule has 0 saturated heterocycles. The summed E-state index contributed by atoms with van der Waals surface area (Å²) in [4.78, 5) is 39.8. The molecule has 0 aliphatic carbocycles. The van der Waals surface area contributed by atoms with E-state index >= 15 is 0 Å². The summed E-state index contributed by atoms with van der Waals surface area (Å²) in [5.41, 5.74) is 4.44. The van der Waals surface area contributed by atoms with Crippen molar-refractivity contribution in [1.82, 2.24) is 4.90 Å². The minimum atomic E-state index is -1.35. The Hall–Kier alpha value is -1.02. The SMILES string of the molecule is CSSC.NC(=O)C(=O)N(C=O)C=O. The second-order valence-electron chi connectivity index (χ2n) is 1.62. The van der Waals surface area contributed by atoms with Crippen molar-refractivity contribution in [3.05, 3.63) is 0 Å². The van der Waals surface area contributed by atoms with Gasteiger partial charge in [0.1, 0.15) is 0 Å². The van der Waals surface area contributed by atoms with Crippen LogP contribution in [0.1, 0.15) is 0 Å². The normalized spacial score (nSPS) is 7.86. The van der Waals surface area contributed by atoms with Gasteiger partial charge in [-0.1, -0.05) is 21.6 Å². The number of primary amides is 1. The minimum absolute atomic E-state index is 0.0162. The molecule has 0 heterocycles. The Labute approximate surface area is 89.0 Å². The summed E-state index contributed by atoms with van der Waals surface area (Å²) in [7, 11) is 3.55. The molecular formula is C6H10N2O4S2. The van der Waals surface area contributed by atoms with Gasteiger partial charge in [0.25, 0.3) is 0 Å². The average molecular weight is 238 g/mol. The van der Waals surface area contributed by atoms with Crippen LogP contribution in [0, 0.1) is 0 Å². The van der Waals surface area contributed by atoms with Crippen LogP contribution in [0.25, 0.3) is 0 Å². The Morgan fingerprint density at radius 2 is 1.50 bits per heavy atom. The number of rotatable bonds is 3. The number of carbonyl (C=O) groups is 4. The Morgan fingerprint density at radius 1 is 1.14 bits per heavy atom. The third-order valence-electron chi connectivity index (χ3n) is 0.839. The van der Waals surface area contributed by atoms with E-state index in [1.807, 2.05) is 0 Å². The maximum absolute atomic E-state index is 10.3. The molecule has 0 aromatic heterocycles. The van der Waals surface area contributed by atoms with Gasteiger partial charge in [-0.05, 0) is 12.5 Å². The second kappa shape index (κ2) is 10.1. The highest BCUT2D eigenvalue weighted by molar-refractivity contribution is 8.76. The summed E-state index contributed by atoms with van der Waals surface area (Å²) < 4.78 is 0. The zero-order chi connectivity index (χ0) is 11.6. The van der Waals surface area contributed by atoms with Crippen molar-refractivity contribution in [3.63, 3.8) is 0 Å². The topological polar surface area (TPSA) is 97.5 Å². The van der Waals surface area contributed by atoms with E-state index in [-0.39, 0.29) is 17.7 Å². The van der Waals surface area contributed by atoms with E-state index in [0.29, 0.717) is 0 Å². The molecule has 0 saturated carbocycles. The standard InChI is InChI=1S/C4H4N2O4.C2H6S2/c5-3(9)4(10)6(1-7)2-8;1-3-4-2/h1-2H,(H2,5,9);1-2H3. The summed E-state index contributed by atoms with van der Waals surface area (Å²) in [6.07, 6.45) is 3.93. The van der Waals surface area contributed by atoms with Gasteiger partial charge in [-0.25, -0.2) is 4.90 Å². The largest absolute Gasteiger partial charge is 0.361 e. The first kappa shape index (κ1) is 15.5. The molecular weight excluding hydrogens is 228 g/mol. The maximum atomic E-state index is 10.3. The number of carbonyl (C=O) groups excluding carboxylic acids is 4. The first-order chi connectivity index (χ1) is 6.54. The molecule has 0 spiro atoms. The van der Waals surface area contributed by atoms with Crippen molar-refractivity contribution in [2.45, 2.75) is 0 Å². The Morgan fingerprint density at radius 3 is 1.57 bits per heavy atom. The second-order valence-corrected chi connectivity index (χ2v) is 4.29. The van der Waals surface area contributed by atoms with Gasteiger partial charge in [0.15, 0.2) is 0 Å². The van der Waals surface area contributed by atoms with Crippen LogP contribution in [0.4, 0.5) is 0 Å². The van der Waals surface area contributed by atoms with Crippen LogP contribution in [0.2, 0.25) is 0 Å². The van der Waals surface area contributed by atoms with Crippen LogP contribution >= 0.6 is 21.6 Å². The van der Waals surface area contributed by atoms with Crippen molar-refractivity contribution in [1.29, 1.82) is 0 Å². The lowest BCUT2D eigenvalue weighted by Crippen LogP contribution is -2.38. The van der Waals surface area contributed by atoms with Crippen LogP contribution in [0.15, 0.2) is 0 Å². The maximum Gasteiger partial charge on any atom is 0.324 e. The molecule has 0 atom stereocenters. The predicted octanol–water partition coefficient (Wildman–Crippen LogP) is -0.760. The highest BCUT2D eigenvalue weighted by Crippen LogP contribution is 2.09. The van der Waals surface area contributed by atoms with Crippen LogP contribution in [0.5, 0.6) is 0 Å². The lowest BCUT2D eigenvalue weighted by molar-refractivity contribution is -0.150. The first-order valence-electron chi connectivity index (χ1n) is 3.14. The van der Waals surface area contributed by atoms with Gasteiger partial charge in [-0.3, -0.25) is 19.2 Å². The van der Waals surface area contributed by atoms with Crippen molar-refractivity contribution in [2.24, 2.45) is 5.73 Å². The molecule has 0 unspecified atom stereocenters. The molecule has 0 aromatic rings.